The van der Waals surface area contributed by atoms with Crippen LogP contribution in [0.4, 0.5) is 4.39 Å². The van der Waals surface area contributed by atoms with Crippen molar-refractivity contribution in [2.24, 2.45) is 5.41 Å². The second kappa shape index (κ2) is 3.52. The van der Waals surface area contributed by atoms with Crippen LogP contribution >= 0.6 is 0 Å². The van der Waals surface area contributed by atoms with Gasteiger partial charge in [-0.15, -0.1) is 0 Å². The van der Waals surface area contributed by atoms with Crippen molar-refractivity contribution in [3.05, 3.63) is 0 Å². The third kappa shape index (κ3) is 2.25. The highest BCUT2D eigenvalue weighted by molar-refractivity contribution is 5.66. The van der Waals surface area contributed by atoms with E-state index >= 15 is 0 Å². The van der Waals surface area contributed by atoms with E-state index in [1.54, 1.807) is 6.92 Å². The summed E-state index contributed by atoms with van der Waals surface area (Å²) in [5.41, 5.74) is -1.56. The van der Waals surface area contributed by atoms with Gasteiger partial charge in [0.05, 0.1) is 0 Å². The van der Waals surface area contributed by atoms with Gasteiger partial charge in [0.15, 0.2) is 0 Å². The van der Waals surface area contributed by atoms with E-state index < -0.39 is 5.67 Å². The molecule has 1 aliphatic carbocycles. The molecule has 3 heteroatoms. The first-order chi connectivity index (χ1) is 6.24. The molecule has 1 fully saturated rings. The van der Waals surface area contributed by atoms with Crippen LogP contribution in [0.3, 0.4) is 0 Å². The number of carbonyl (C=O) groups is 1. The van der Waals surface area contributed by atoms with Crippen molar-refractivity contribution in [1.82, 2.24) is 0 Å². The van der Waals surface area contributed by atoms with Crippen molar-refractivity contribution in [3.63, 3.8) is 0 Å². The van der Waals surface area contributed by atoms with Gasteiger partial charge in [0.25, 0.3) is 0 Å². The molecule has 0 radical (unpaired) electrons. The van der Waals surface area contributed by atoms with Gasteiger partial charge < -0.3 is 4.74 Å². The van der Waals surface area contributed by atoms with Gasteiger partial charge in [0.2, 0.25) is 0 Å². The van der Waals surface area contributed by atoms with E-state index in [9.17, 15) is 9.18 Å². The van der Waals surface area contributed by atoms with E-state index in [2.05, 4.69) is 0 Å². The van der Waals surface area contributed by atoms with E-state index in [-0.39, 0.29) is 17.5 Å². The van der Waals surface area contributed by atoms with Crippen LogP contribution in [0.15, 0.2) is 0 Å². The first-order valence-electron chi connectivity index (χ1n) is 5.11. The number of hydrogen-bond acceptors (Lipinski definition) is 2. The third-order valence-electron chi connectivity index (χ3n) is 3.45. The number of carbonyl (C=O) groups excluding carboxylic acids is 1. The summed E-state index contributed by atoms with van der Waals surface area (Å²) >= 11 is 0. The molecule has 1 saturated carbocycles. The maximum Gasteiger partial charge on any atom is 0.302 e. The molecule has 1 aliphatic rings. The molecule has 0 bridgehead atoms. The Bertz CT molecular complexity index is 233. The zero-order valence-electron chi connectivity index (χ0n) is 9.39. The first-order valence-corrected chi connectivity index (χ1v) is 5.11. The quantitative estimate of drug-likeness (QED) is 0.611. The van der Waals surface area contributed by atoms with E-state index in [1.807, 2.05) is 13.8 Å². The summed E-state index contributed by atoms with van der Waals surface area (Å²) in [6.45, 7) is 6.83. The number of alkyl halides is 1. The molecule has 0 amide bonds. The largest absolute Gasteiger partial charge is 0.462 e. The van der Waals surface area contributed by atoms with E-state index in [0.29, 0.717) is 6.42 Å². The monoisotopic (exact) mass is 202 g/mol. The highest BCUT2D eigenvalue weighted by Crippen LogP contribution is 2.46. The van der Waals surface area contributed by atoms with Gasteiger partial charge in [-0.25, -0.2) is 4.39 Å². The molecular weight excluding hydrogens is 183 g/mol. The van der Waals surface area contributed by atoms with Gasteiger partial charge in [-0.2, -0.15) is 0 Å². The van der Waals surface area contributed by atoms with Crippen LogP contribution in [-0.4, -0.2) is 17.7 Å². The Hall–Kier alpha value is -0.600. The molecule has 0 heterocycles. The Morgan fingerprint density at radius 1 is 1.43 bits per heavy atom. The van der Waals surface area contributed by atoms with Crippen molar-refractivity contribution in [3.8, 4) is 0 Å². The molecule has 2 unspecified atom stereocenters. The van der Waals surface area contributed by atoms with Crippen LogP contribution in [0.2, 0.25) is 0 Å². The zero-order chi connectivity index (χ0) is 11.0. The van der Waals surface area contributed by atoms with Gasteiger partial charge in [-0.05, 0) is 25.2 Å². The Kier molecular flexibility index (Phi) is 2.88. The lowest BCUT2D eigenvalue weighted by Crippen LogP contribution is -2.46. The Morgan fingerprint density at radius 2 is 2.00 bits per heavy atom. The number of hydrogen-bond donors (Lipinski definition) is 0. The predicted molar refractivity (Wildman–Crippen MR) is 52.7 cm³/mol. The molecule has 0 aromatic rings. The smallest absolute Gasteiger partial charge is 0.302 e. The molecule has 82 valence electrons. The lowest BCUT2D eigenvalue weighted by Gasteiger charge is -2.44. The van der Waals surface area contributed by atoms with Crippen LogP contribution in [0, 0.1) is 5.41 Å². The topological polar surface area (TPSA) is 26.3 Å². The maximum atomic E-state index is 14.2. The lowest BCUT2D eigenvalue weighted by molar-refractivity contribution is -0.154. The molecule has 2 nitrogen and oxygen atoms in total. The summed E-state index contributed by atoms with van der Waals surface area (Å²) in [6, 6.07) is 0. The molecule has 0 N–H and O–H groups in total. The Labute approximate surface area is 84.8 Å². The second-order valence-electron chi connectivity index (χ2n) is 5.06. The van der Waals surface area contributed by atoms with Gasteiger partial charge in [-0.3, -0.25) is 4.79 Å². The van der Waals surface area contributed by atoms with Crippen molar-refractivity contribution in [2.75, 3.05) is 0 Å². The van der Waals surface area contributed by atoms with E-state index in [0.717, 1.165) is 12.8 Å². The Balaban J connectivity index is 2.63. The highest BCUT2D eigenvalue weighted by Gasteiger charge is 2.47. The predicted octanol–water partition coefficient (Wildman–Crippen LogP) is 2.86. The average Bonchev–Trinajstić information content (AvgIpc) is 1.96. The second-order valence-corrected chi connectivity index (χ2v) is 5.06. The van der Waals surface area contributed by atoms with Crippen molar-refractivity contribution >= 4 is 5.97 Å². The van der Waals surface area contributed by atoms with E-state index in [4.69, 9.17) is 4.74 Å². The average molecular weight is 202 g/mol. The molecular formula is C11H19FO2. The first kappa shape index (κ1) is 11.5. The van der Waals surface area contributed by atoms with Crippen LogP contribution in [0.5, 0.6) is 0 Å². The summed E-state index contributed by atoms with van der Waals surface area (Å²) in [4.78, 5) is 10.7. The standard InChI is InChI=1S/C11H19FO2/c1-8(13)14-9-5-6-10(2,3)11(4,12)7-9/h9H,5-7H2,1-4H3. The summed E-state index contributed by atoms with van der Waals surface area (Å²) in [6.07, 6.45) is 1.61. The normalized spacial score (nSPS) is 36.5. The summed E-state index contributed by atoms with van der Waals surface area (Å²) in [7, 11) is 0. The third-order valence-corrected chi connectivity index (χ3v) is 3.45. The minimum Gasteiger partial charge on any atom is -0.462 e. The van der Waals surface area contributed by atoms with Gasteiger partial charge in [0, 0.05) is 13.3 Å². The zero-order valence-corrected chi connectivity index (χ0v) is 9.39. The molecule has 2 atom stereocenters. The summed E-state index contributed by atoms with van der Waals surface area (Å²) < 4.78 is 19.2. The number of halogens is 1. The van der Waals surface area contributed by atoms with Gasteiger partial charge in [-0.1, -0.05) is 13.8 Å². The maximum absolute atomic E-state index is 14.2. The minimum atomic E-state index is -1.24. The number of esters is 1. The van der Waals surface area contributed by atoms with Crippen LogP contribution < -0.4 is 0 Å². The SMILES string of the molecule is CC(=O)OC1CCC(C)(C)C(C)(F)C1. The lowest BCUT2D eigenvalue weighted by atomic mass is 9.67. The summed E-state index contributed by atoms with van der Waals surface area (Å²) in [5, 5.41) is 0. The van der Waals surface area contributed by atoms with Crippen LogP contribution in [-0.2, 0) is 9.53 Å². The van der Waals surface area contributed by atoms with Crippen molar-refractivity contribution in [2.45, 2.75) is 58.7 Å². The highest BCUT2D eigenvalue weighted by atomic mass is 19.1. The minimum absolute atomic E-state index is 0.240. The molecule has 14 heavy (non-hydrogen) atoms. The Morgan fingerprint density at radius 3 is 2.43 bits per heavy atom. The fraction of sp³-hybridized carbons (Fsp3) is 0.909. The summed E-state index contributed by atoms with van der Waals surface area (Å²) in [5.74, 6) is -0.314. The fourth-order valence-corrected chi connectivity index (χ4v) is 1.92. The number of ether oxygens (including phenoxy) is 1. The molecule has 1 rings (SSSR count). The van der Waals surface area contributed by atoms with Gasteiger partial charge in [0.1, 0.15) is 11.8 Å². The van der Waals surface area contributed by atoms with Crippen molar-refractivity contribution < 1.29 is 13.9 Å². The van der Waals surface area contributed by atoms with Crippen LogP contribution in [0.1, 0.15) is 47.0 Å². The molecule has 0 spiro atoms. The number of rotatable bonds is 1. The van der Waals surface area contributed by atoms with Crippen molar-refractivity contribution in [1.29, 1.82) is 0 Å². The fourth-order valence-electron chi connectivity index (χ4n) is 1.92. The molecule has 0 saturated heterocycles. The molecule has 0 aromatic heterocycles. The van der Waals surface area contributed by atoms with Crippen LogP contribution in [0.25, 0.3) is 0 Å². The molecule has 0 aromatic carbocycles. The van der Waals surface area contributed by atoms with E-state index in [1.165, 1.54) is 6.92 Å². The van der Waals surface area contributed by atoms with Gasteiger partial charge >= 0.3 is 5.97 Å². The molecule has 0 aliphatic heterocycles.